The maximum atomic E-state index is 12.9. The quantitative estimate of drug-likeness (QED) is 0.828. The molecule has 4 nitrogen and oxygen atoms in total. The van der Waals surface area contributed by atoms with Crippen LogP contribution in [0, 0.1) is 5.92 Å². The SMILES string of the molecule is CCC(CC)N1C(=O)C(C)(C2CC2)NC(=O)C1CC. The van der Waals surface area contributed by atoms with Gasteiger partial charge in [0.25, 0.3) is 0 Å². The Bertz CT molecular complexity index is 374. The van der Waals surface area contributed by atoms with E-state index in [1.54, 1.807) is 0 Å². The van der Waals surface area contributed by atoms with Gasteiger partial charge in [-0.1, -0.05) is 20.8 Å². The maximum Gasteiger partial charge on any atom is 0.249 e. The second-order valence-electron chi connectivity index (χ2n) is 6.07. The lowest BCUT2D eigenvalue weighted by Gasteiger charge is -2.47. The van der Waals surface area contributed by atoms with Gasteiger partial charge < -0.3 is 10.2 Å². The molecule has 2 amide bonds. The Balaban J connectivity index is 2.33. The van der Waals surface area contributed by atoms with Gasteiger partial charge in [0.2, 0.25) is 11.8 Å². The van der Waals surface area contributed by atoms with Gasteiger partial charge in [0, 0.05) is 6.04 Å². The van der Waals surface area contributed by atoms with E-state index in [4.69, 9.17) is 0 Å². The summed E-state index contributed by atoms with van der Waals surface area (Å²) in [5.41, 5.74) is -0.661. The fourth-order valence-corrected chi connectivity index (χ4v) is 3.35. The predicted molar refractivity (Wildman–Crippen MR) is 74.6 cm³/mol. The first-order chi connectivity index (χ1) is 8.99. The molecule has 4 heteroatoms. The van der Waals surface area contributed by atoms with Crippen molar-refractivity contribution in [2.75, 3.05) is 0 Å². The molecule has 0 radical (unpaired) electrons. The summed E-state index contributed by atoms with van der Waals surface area (Å²) in [7, 11) is 0. The van der Waals surface area contributed by atoms with Gasteiger partial charge >= 0.3 is 0 Å². The van der Waals surface area contributed by atoms with E-state index in [0.717, 1.165) is 25.7 Å². The Kier molecular flexibility index (Phi) is 3.88. The fourth-order valence-electron chi connectivity index (χ4n) is 3.35. The third kappa shape index (κ3) is 2.26. The number of nitrogens with zero attached hydrogens (tertiary/aromatic N) is 1. The van der Waals surface area contributed by atoms with Crippen molar-refractivity contribution in [1.29, 1.82) is 0 Å². The van der Waals surface area contributed by atoms with E-state index in [-0.39, 0.29) is 23.9 Å². The average molecular weight is 266 g/mol. The summed E-state index contributed by atoms with van der Waals surface area (Å²) >= 11 is 0. The molecular formula is C15H26N2O2. The first-order valence-electron chi connectivity index (χ1n) is 7.64. The molecule has 1 N–H and O–H groups in total. The summed E-state index contributed by atoms with van der Waals surface area (Å²) in [6, 6.07) is -0.106. The molecule has 2 aliphatic rings. The maximum absolute atomic E-state index is 12.9. The summed E-state index contributed by atoms with van der Waals surface area (Å²) in [5.74, 6) is 0.497. The van der Waals surface area contributed by atoms with Crippen LogP contribution in [0.3, 0.4) is 0 Å². The van der Waals surface area contributed by atoms with Crippen LogP contribution in [0.1, 0.15) is 59.8 Å². The third-order valence-electron chi connectivity index (χ3n) is 4.82. The average Bonchev–Trinajstić information content (AvgIpc) is 3.21. The molecule has 1 heterocycles. The van der Waals surface area contributed by atoms with Crippen molar-refractivity contribution in [3.63, 3.8) is 0 Å². The van der Waals surface area contributed by atoms with Crippen LogP contribution in [0.2, 0.25) is 0 Å². The molecule has 19 heavy (non-hydrogen) atoms. The summed E-state index contributed by atoms with van der Waals surface area (Å²) in [6.07, 6.45) is 4.61. The molecule has 1 saturated carbocycles. The minimum Gasteiger partial charge on any atom is -0.340 e. The van der Waals surface area contributed by atoms with Crippen molar-refractivity contribution in [2.45, 2.75) is 77.4 Å². The Morgan fingerprint density at radius 1 is 1.26 bits per heavy atom. The van der Waals surface area contributed by atoms with Crippen LogP contribution in [-0.4, -0.2) is 34.3 Å². The van der Waals surface area contributed by atoms with Crippen LogP contribution in [0.25, 0.3) is 0 Å². The molecule has 2 rings (SSSR count). The molecule has 108 valence electrons. The molecule has 0 bridgehead atoms. The molecule has 1 aliphatic heterocycles. The predicted octanol–water partition coefficient (Wildman–Crippen LogP) is 2.08. The van der Waals surface area contributed by atoms with Crippen molar-refractivity contribution >= 4 is 11.8 Å². The van der Waals surface area contributed by atoms with E-state index in [0.29, 0.717) is 12.3 Å². The summed E-state index contributed by atoms with van der Waals surface area (Å²) in [4.78, 5) is 27.2. The van der Waals surface area contributed by atoms with Crippen molar-refractivity contribution in [3.8, 4) is 0 Å². The molecule has 2 unspecified atom stereocenters. The highest BCUT2D eigenvalue weighted by Crippen LogP contribution is 2.43. The van der Waals surface area contributed by atoms with Crippen LogP contribution in [0.15, 0.2) is 0 Å². The Morgan fingerprint density at radius 3 is 2.26 bits per heavy atom. The molecular weight excluding hydrogens is 240 g/mol. The zero-order chi connectivity index (χ0) is 14.2. The zero-order valence-electron chi connectivity index (χ0n) is 12.5. The highest BCUT2D eigenvalue weighted by atomic mass is 16.2. The van der Waals surface area contributed by atoms with Crippen LogP contribution in [-0.2, 0) is 9.59 Å². The highest BCUT2D eigenvalue weighted by molar-refractivity contribution is 6.00. The number of hydrogen-bond acceptors (Lipinski definition) is 2. The lowest BCUT2D eigenvalue weighted by atomic mass is 9.87. The van der Waals surface area contributed by atoms with Gasteiger partial charge in [-0.3, -0.25) is 9.59 Å². The molecule has 0 aromatic heterocycles. The number of hydrogen-bond donors (Lipinski definition) is 1. The second kappa shape index (κ2) is 5.14. The molecule has 0 aromatic rings. The van der Waals surface area contributed by atoms with Gasteiger partial charge in [0.1, 0.15) is 11.6 Å². The van der Waals surface area contributed by atoms with E-state index in [1.165, 1.54) is 0 Å². The van der Waals surface area contributed by atoms with Crippen LogP contribution in [0.5, 0.6) is 0 Å². The Morgan fingerprint density at radius 2 is 1.84 bits per heavy atom. The van der Waals surface area contributed by atoms with E-state index >= 15 is 0 Å². The first kappa shape index (κ1) is 14.4. The van der Waals surface area contributed by atoms with Gasteiger partial charge in [-0.25, -0.2) is 0 Å². The lowest BCUT2D eigenvalue weighted by Crippen LogP contribution is -2.71. The third-order valence-corrected chi connectivity index (χ3v) is 4.82. The topological polar surface area (TPSA) is 49.4 Å². The molecule has 2 fully saturated rings. The number of piperazine rings is 1. The van der Waals surface area contributed by atoms with Crippen LogP contribution >= 0.6 is 0 Å². The van der Waals surface area contributed by atoms with Gasteiger partial charge in [-0.2, -0.15) is 0 Å². The largest absolute Gasteiger partial charge is 0.340 e. The molecule has 1 aliphatic carbocycles. The normalized spacial score (nSPS) is 31.8. The zero-order valence-corrected chi connectivity index (χ0v) is 12.5. The van der Waals surface area contributed by atoms with Crippen molar-refractivity contribution in [1.82, 2.24) is 10.2 Å². The smallest absolute Gasteiger partial charge is 0.249 e. The summed E-state index contributed by atoms with van der Waals surface area (Å²) < 4.78 is 0. The minimum absolute atomic E-state index is 0.0309. The van der Waals surface area contributed by atoms with E-state index in [2.05, 4.69) is 19.2 Å². The highest BCUT2D eigenvalue weighted by Gasteiger charge is 2.55. The lowest BCUT2D eigenvalue weighted by molar-refractivity contribution is -0.158. The first-order valence-corrected chi connectivity index (χ1v) is 7.64. The Labute approximate surface area is 115 Å². The van der Waals surface area contributed by atoms with Crippen LogP contribution < -0.4 is 5.32 Å². The van der Waals surface area contributed by atoms with Gasteiger partial charge in [0.05, 0.1) is 0 Å². The number of rotatable bonds is 5. The molecule has 0 spiro atoms. The number of nitrogens with one attached hydrogen (secondary N) is 1. The van der Waals surface area contributed by atoms with E-state index < -0.39 is 5.54 Å². The van der Waals surface area contributed by atoms with Gasteiger partial charge in [-0.15, -0.1) is 0 Å². The number of carbonyl (C=O) groups is 2. The van der Waals surface area contributed by atoms with E-state index in [1.807, 2.05) is 18.7 Å². The standard InChI is InChI=1S/C15H26N2O2/c1-5-11(6-2)17-12(7-3)13(18)16-15(4,14(17)19)10-8-9-10/h10-12H,5-9H2,1-4H3,(H,16,18). The molecule has 0 aromatic carbocycles. The minimum atomic E-state index is -0.661. The van der Waals surface area contributed by atoms with E-state index in [9.17, 15) is 9.59 Å². The van der Waals surface area contributed by atoms with Crippen molar-refractivity contribution in [3.05, 3.63) is 0 Å². The Hall–Kier alpha value is -1.06. The summed E-state index contributed by atoms with van der Waals surface area (Å²) in [6.45, 7) is 8.07. The molecule has 1 saturated heterocycles. The van der Waals surface area contributed by atoms with Crippen molar-refractivity contribution < 1.29 is 9.59 Å². The number of amides is 2. The van der Waals surface area contributed by atoms with Crippen LogP contribution in [0.4, 0.5) is 0 Å². The fraction of sp³-hybridized carbons (Fsp3) is 0.867. The second-order valence-corrected chi connectivity index (χ2v) is 6.07. The monoisotopic (exact) mass is 266 g/mol. The van der Waals surface area contributed by atoms with Crippen molar-refractivity contribution in [2.24, 2.45) is 5.92 Å². The van der Waals surface area contributed by atoms with Gasteiger partial charge in [0.15, 0.2) is 0 Å². The van der Waals surface area contributed by atoms with Gasteiger partial charge in [-0.05, 0) is 44.9 Å². The number of carbonyl (C=O) groups excluding carboxylic acids is 2. The molecule has 2 atom stereocenters. The summed E-state index contributed by atoms with van der Waals surface area (Å²) in [5, 5.41) is 3.01.